The molecule has 3 rings (SSSR count). The third-order valence-corrected chi connectivity index (χ3v) is 5.10. The second-order valence-electron chi connectivity index (χ2n) is 6.58. The standard InChI is InChI=1S/C21H24N2O3S/c1-14-8-15(2)10-17(9-14)12-27-13-21(24)23-22-16(3)18-4-5-19-20(11-18)26-7-6-25-19/h4-5,8-11H,6-7,12-13H2,1-3H3,(H,23,24)/b22-16+. The molecule has 0 aromatic heterocycles. The number of hydrogen-bond donors (Lipinski definition) is 1. The van der Waals surface area contributed by atoms with Gasteiger partial charge in [-0.05, 0) is 44.5 Å². The first kappa shape index (κ1) is 19.3. The zero-order chi connectivity index (χ0) is 19.2. The number of nitrogens with zero attached hydrogens (tertiary/aromatic N) is 1. The molecule has 2 aromatic rings. The zero-order valence-corrected chi connectivity index (χ0v) is 16.7. The highest BCUT2D eigenvalue weighted by Crippen LogP contribution is 2.30. The van der Waals surface area contributed by atoms with Crippen LogP contribution in [0.4, 0.5) is 0 Å². The summed E-state index contributed by atoms with van der Waals surface area (Å²) in [5.74, 6) is 2.51. The Balaban J connectivity index is 1.50. The molecule has 2 aromatic carbocycles. The molecule has 0 spiro atoms. The van der Waals surface area contributed by atoms with Gasteiger partial charge in [0.1, 0.15) is 13.2 Å². The van der Waals surface area contributed by atoms with E-state index in [0.29, 0.717) is 24.7 Å². The molecule has 0 aliphatic carbocycles. The number of benzene rings is 2. The van der Waals surface area contributed by atoms with Crippen molar-refractivity contribution < 1.29 is 14.3 Å². The molecule has 1 amide bonds. The number of thioether (sulfide) groups is 1. The molecule has 0 fully saturated rings. The van der Waals surface area contributed by atoms with E-state index in [1.807, 2.05) is 25.1 Å². The van der Waals surface area contributed by atoms with E-state index in [9.17, 15) is 4.79 Å². The van der Waals surface area contributed by atoms with Gasteiger partial charge in [0.25, 0.3) is 0 Å². The Morgan fingerprint density at radius 1 is 1.07 bits per heavy atom. The summed E-state index contributed by atoms with van der Waals surface area (Å²) in [6.45, 7) is 7.14. The maximum absolute atomic E-state index is 12.1. The fourth-order valence-electron chi connectivity index (χ4n) is 2.93. The third-order valence-electron chi connectivity index (χ3n) is 4.09. The average Bonchev–Trinajstić information content (AvgIpc) is 2.65. The Bertz CT molecular complexity index is 844. The van der Waals surface area contributed by atoms with Crippen LogP contribution < -0.4 is 14.9 Å². The van der Waals surface area contributed by atoms with Gasteiger partial charge in [-0.1, -0.05) is 29.3 Å². The Labute approximate surface area is 164 Å². The molecule has 0 unspecified atom stereocenters. The number of aryl methyl sites for hydroxylation is 2. The van der Waals surface area contributed by atoms with Gasteiger partial charge in [-0.25, -0.2) is 5.43 Å². The Kier molecular flexibility index (Phi) is 6.40. The van der Waals surface area contributed by atoms with Crippen molar-refractivity contribution in [3.8, 4) is 11.5 Å². The topological polar surface area (TPSA) is 59.9 Å². The number of fused-ring (bicyclic) bond motifs is 1. The van der Waals surface area contributed by atoms with Crippen molar-refractivity contribution in [1.82, 2.24) is 5.43 Å². The van der Waals surface area contributed by atoms with E-state index in [-0.39, 0.29) is 5.91 Å². The summed E-state index contributed by atoms with van der Waals surface area (Å²) in [6.07, 6.45) is 0. The first-order valence-electron chi connectivity index (χ1n) is 8.89. The minimum atomic E-state index is -0.110. The molecule has 0 saturated carbocycles. The number of nitrogens with one attached hydrogen (secondary N) is 1. The van der Waals surface area contributed by atoms with Gasteiger partial charge in [-0.15, -0.1) is 11.8 Å². The lowest BCUT2D eigenvalue weighted by atomic mass is 10.1. The maximum Gasteiger partial charge on any atom is 0.250 e. The highest BCUT2D eigenvalue weighted by Gasteiger charge is 2.12. The van der Waals surface area contributed by atoms with Crippen LogP contribution in [0.1, 0.15) is 29.2 Å². The molecule has 0 atom stereocenters. The summed E-state index contributed by atoms with van der Waals surface area (Å²) < 4.78 is 11.1. The number of rotatable bonds is 6. The third kappa shape index (κ3) is 5.50. The van der Waals surface area contributed by atoms with E-state index in [1.165, 1.54) is 16.7 Å². The maximum atomic E-state index is 12.1. The van der Waals surface area contributed by atoms with Crippen LogP contribution in [0.3, 0.4) is 0 Å². The Hall–Kier alpha value is -2.47. The molecule has 27 heavy (non-hydrogen) atoms. The summed E-state index contributed by atoms with van der Waals surface area (Å²) in [4.78, 5) is 12.1. The predicted octanol–water partition coefficient (Wildman–Crippen LogP) is 3.85. The number of ether oxygens (including phenoxy) is 2. The van der Waals surface area contributed by atoms with E-state index in [4.69, 9.17) is 9.47 Å². The quantitative estimate of drug-likeness (QED) is 0.607. The van der Waals surface area contributed by atoms with Crippen LogP contribution in [0.25, 0.3) is 0 Å². The van der Waals surface area contributed by atoms with E-state index in [1.54, 1.807) is 11.8 Å². The largest absolute Gasteiger partial charge is 0.486 e. The van der Waals surface area contributed by atoms with Crippen molar-refractivity contribution in [2.75, 3.05) is 19.0 Å². The first-order chi connectivity index (χ1) is 13.0. The van der Waals surface area contributed by atoms with Crippen molar-refractivity contribution in [3.63, 3.8) is 0 Å². The summed E-state index contributed by atoms with van der Waals surface area (Å²) in [6, 6.07) is 12.1. The number of carbonyl (C=O) groups excluding carboxylic acids is 1. The fraction of sp³-hybridized carbons (Fsp3) is 0.333. The van der Waals surface area contributed by atoms with Gasteiger partial charge in [0.2, 0.25) is 5.91 Å². The molecule has 6 heteroatoms. The molecular formula is C21H24N2O3S. The second kappa shape index (κ2) is 8.95. The van der Waals surface area contributed by atoms with Crippen molar-refractivity contribution in [2.24, 2.45) is 5.10 Å². The van der Waals surface area contributed by atoms with Crippen molar-refractivity contribution in [2.45, 2.75) is 26.5 Å². The number of carbonyl (C=O) groups is 1. The Morgan fingerprint density at radius 3 is 2.52 bits per heavy atom. The van der Waals surface area contributed by atoms with Gasteiger partial charge in [-0.2, -0.15) is 5.10 Å². The molecule has 1 aliphatic heterocycles. The molecule has 1 aliphatic rings. The average molecular weight is 385 g/mol. The lowest BCUT2D eigenvalue weighted by molar-refractivity contribution is -0.118. The lowest BCUT2D eigenvalue weighted by Gasteiger charge is -2.18. The monoisotopic (exact) mass is 384 g/mol. The minimum absolute atomic E-state index is 0.110. The highest BCUT2D eigenvalue weighted by atomic mass is 32.2. The van der Waals surface area contributed by atoms with Crippen molar-refractivity contribution in [1.29, 1.82) is 0 Å². The normalized spacial score (nSPS) is 13.4. The van der Waals surface area contributed by atoms with Crippen LogP contribution in [-0.2, 0) is 10.5 Å². The summed E-state index contributed by atoms with van der Waals surface area (Å²) in [5, 5.41) is 4.20. The number of hydrogen-bond acceptors (Lipinski definition) is 5. The number of amides is 1. The summed E-state index contributed by atoms with van der Waals surface area (Å²) >= 11 is 1.58. The zero-order valence-electron chi connectivity index (χ0n) is 15.9. The number of hydrazone groups is 1. The van der Waals surface area contributed by atoms with Crippen LogP contribution in [0.5, 0.6) is 11.5 Å². The molecular weight excluding hydrogens is 360 g/mol. The smallest absolute Gasteiger partial charge is 0.250 e. The fourth-order valence-corrected chi connectivity index (χ4v) is 3.68. The molecule has 1 heterocycles. The van der Waals surface area contributed by atoms with Crippen LogP contribution in [0.15, 0.2) is 41.5 Å². The molecule has 0 radical (unpaired) electrons. The minimum Gasteiger partial charge on any atom is -0.486 e. The van der Waals surface area contributed by atoms with E-state index in [2.05, 4.69) is 42.6 Å². The Morgan fingerprint density at radius 2 is 1.78 bits per heavy atom. The first-order valence-corrected chi connectivity index (χ1v) is 10.0. The second-order valence-corrected chi connectivity index (χ2v) is 7.56. The van der Waals surface area contributed by atoms with Gasteiger partial charge in [-0.3, -0.25) is 4.79 Å². The SMILES string of the molecule is C/C(=N\NC(=O)CSCc1cc(C)cc(C)c1)c1ccc2c(c1)OCCO2. The van der Waals surface area contributed by atoms with Gasteiger partial charge < -0.3 is 9.47 Å². The van der Waals surface area contributed by atoms with E-state index >= 15 is 0 Å². The predicted molar refractivity (Wildman–Crippen MR) is 110 cm³/mol. The van der Waals surface area contributed by atoms with Gasteiger partial charge in [0, 0.05) is 11.3 Å². The molecule has 0 saturated heterocycles. The van der Waals surface area contributed by atoms with Crippen molar-refractivity contribution in [3.05, 3.63) is 58.7 Å². The summed E-state index contributed by atoms with van der Waals surface area (Å²) in [5.41, 5.74) is 7.97. The van der Waals surface area contributed by atoms with Crippen LogP contribution in [0.2, 0.25) is 0 Å². The molecule has 0 bridgehead atoms. The molecule has 1 N–H and O–H groups in total. The van der Waals surface area contributed by atoms with Gasteiger partial charge in [0.15, 0.2) is 11.5 Å². The molecule has 5 nitrogen and oxygen atoms in total. The van der Waals surface area contributed by atoms with Gasteiger partial charge >= 0.3 is 0 Å². The molecule has 142 valence electrons. The van der Waals surface area contributed by atoms with Crippen LogP contribution in [-0.4, -0.2) is 30.6 Å². The van der Waals surface area contributed by atoms with E-state index in [0.717, 1.165) is 22.8 Å². The van der Waals surface area contributed by atoms with Crippen LogP contribution >= 0.6 is 11.8 Å². The van der Waals surface area contributed by atoms with Gasteiger partial charge in [0.05, 0.1) is 11.5 Å². The van der Waals surface area contributed by atoms with E-state index < -0.39 is 0 Å². The summed E-state index contributed by atoms with van der Waals surface area (Å²) in [7, 11) is 0. The van der Waals surface area contributed by atoms with Crippen molar-refractivity contribution >= 4 is 23.4 Å². The van der Waals surface area contributed by atoms with Crippen LogP contribution in [0, 0.1) is 13.8 Å². The highest BCUT2D eigenvalue weighted by molar-refractivity contribution is 7.99. The lowest BCUT2D eigenvalue weighted by Crippen LogP contribution is -2.21.